The molecule has 0 radical (unpaired) electrons. The maximum Gasteiger partial charge on any atom is 0.429 e. The molecule has 0 unspecified atom stereocenters. The Bertz CT molecular complexity index is 172. The van der Waals surface area contributed by atoms with Gasteiger partial charge in [-0.2, -0.15) is 5.06 Å². The van der Waals surface area contributed by atoms with Crippen LogP contribution in [0.5, 0.6) is 0 Å². The summed E-state index contributed by atoms with van der Waals surface area (Å²) in [5.41, 5.74) is 4.67. The summed E-state index contributed by atoms with van der Waals surface area (Å²) in [6.45, 7) is 3.86. The molecule has 0 aliphatic carbocycles. The van der Waals surface area contributed by atoms with Gasteiger partial charge in [0.05, 0.1) is 0 Å². The van der Waals surface area contributed by atoms with Gasteiger partial charge in [0.15, 0.2) is 0 Å². The first-order valence-electron chi connectivity index (χ1n) is 3.60. The molecule has 0 aliphatic rings. The second kappa shape index (κ2) is 8.51. The number of nitrogens with two attached hydrogens (primary N) is 1. The molecule has 0 aromatic carbocycles. The minimum Gasteiger partial charge on any atom is -0.333 e. The van der Waals surface area contributed by atoms with Crippen molar-refractivity contribution in [3.05, 3.63) is 0 Å². The van der Waals surface area contributed by atoms with Crippen molar-refractivity contribution < 1.29 is 19.2 Å². The SMILES string of the molecule is C=O.CCCC(=O)N(C)OC(N)=O. The molecule has 0 heterocycles. The standard InChI is InChI=1S/C6H12N2O3.CH2O/c1-3-4-5(9)8(2)11-6(7)10;1-2/h3-4H2,1-2H3,(H2,7,10);1H2. The number of amides is 2. The molecule has 2 N–H and O–H groups in total. The zero-order chi connectivity index (χ0) is 10.9. The van der Waals surface area contributed by atoms with Crippen molar-refractivity contribution in [1.82, 2.24) is 5.06 Å². The van der Waals surface area contributed by atoms with Gasteiger partial charge in [-0.3, -0.25) is 4.79 Å². The van der Waals surface area contributed by atoms with E-state index in [-0.39, 0.29) is 5.91 Å². The molecule has 0 spiro atoms. The first-order valence-corrected chi connectivity index (χ1v) is 3.60. The predicted molar refractivity (Wildman–Crippen MR) is 45.5 cm³/mol. The zero-order valence-electron chi connectivity index (χ0n) is 7.78. The van der Waals surface area contributed by atoms with Gasteiger partial charge in [0.1, 0.15) is 6.79 Å². The summed E-state index contributed by atoms with van der Waals surface area (Å²) in [6, 6.07) is 0. The van der Waals surface area contributed by atoms with E-state index in [0.29, 0.717) is 12.8 Å². The van der Waals surface area contributed by atoms with Crippen LogP contribution in [0, 0.1) is 0 Å². The fraction of sp³-hybridized carbons (Fsp3) is 0.571. The quantitative estimate of drug-likeness (QED) is 0.624. The zero-order valence-corrected chi connectivity index (χ0v) is 7.78. The first kappa shape index (κ1) is 14.0. The number of carbonyl (C=O) groups excluding carboxylic acids is 3. The molecule has 0 aromatic heterocycles. The van der Waals surface area contributed by atoms with Crippen LogP contribution in [0.4, 0.5) is 4.79 Å². The lowest BCUT2D eigenvalue weighted by Crippen LogP contribution is -2.31. The van der Waals surface area contributed by atoms with Crippen molar-refractivity contribution in [2.75, 3.05) is 7.05 Å². The fourth-order valence-corrected chi connectivity index (χ4v) is 0.557. The van der Waals surface area contributed by atoms with E-state index in [2.05, 4.69) is 10.6 Å². The molecule has 0 bridgehead atoms. The van der Waals surface area contributed by atoms with Gasteiger partial charge in [-0.15, -0.1) is 0 Å². The predicted octanol–water partition coefficient (Wildman–Crippen LogP) is 0.0703. The third-order valence-corrected chi connectivity index (χ3v) is 1.04. The Kier molecular flexibility index (Phi) is 9.14. The third kappa shape index (κ3) is 8.32. The molecule has 0 aromatic rings. The van der Waals surface area contributed by atoms with Crippen LogP contribution in [0.15, 0.2) is 0 Å². The number of nitrogens with zero attached hydrogens (tertiary/aromatic N) is 1. The van der Waals surface area contributed by atoms with Gasteiger partial charge in [0.2, 0.25) is 0 Å². The Morgan fingerprint density at radius 1 is 1.46 bits per heavy atom. The van der Waals surface area contributed by atoms with Crippen LogP contribution in [0.25, 0.3) is 0 Å². The van der Waals surface area contributed by atoms with Crippen LogP contribution in [-0.2, 0) is 14.4 Å². The van der Waals surface area contributed by atoms with Crippen LogP contribution in [0.3, 0.4) is 0 Å². The van der Waals surface area contributed by atoms with Crippen LogP contribution < -0.4 is 5.73 Å². The summed E-state index contributed by atoms with van der Waals surface area (Å²) in [7, 11) is 1.35. The molecule has 0 fully saturated rings. The minimum atomic E-state index is -0.975. The van der Waals surface area contributed by atoms with E-state index in [1.54, 1.807) is 0 Å². The van der Waals surface area contributed by atoms with Crippen molar-refractivity contribution in [1.29, 1.82) is 0 Å². The number of hydrogen-bond acceptors (Lipinski definition) is 4. The van der Waals surface area contributed by atoms with E-state index < -0.39 is 6.09 Å². The lowest BCUT2D eigenvalue weighted by molar-refractivity contribution is -0.159. The van der Waals surface area contributed by atoms with Gasteiger partial charge >= 0.3 is 6.09 Å². The van der Waals surface area contributed by atoms with E-state index >= 15 is 0 Å². The highest BCUT2D eigenvalue weighted by molar-refractivity contribution is 5.76. The van der Waals surface area contributed by atoms with Crippen molar-refractivity contribution in [2.24, 2.45) is 5.73 Å². The number of hydroxylamine groups is 2. The van der Waals surface area contributed by atoms with Crippen molar-refractivity contribution in [3.63, 3.8) is 0 Å². The highest BCUT2D eigenvalue weighted by Crippen LogP contribution is 1.94. The van der Waals surface area contributed by atoms with Crippen LogP contribution >= 0.6 is 0 Å². The Balaban J connectivity index is 0. The van der Waals surface area contributed by atoms with E-state index in [1.165, 1.54) is 7.05 Å². The van der Waals surface area contributed by atoms with Gasteiger partial charge in [-0.25, -0.2) is 4.79 Å². The second-order valence-corrected chi connectivity index (χ2v) is 2.05. The molecule has 0 aliphatic heterocycles. The highest BCUT2D eigenvalue weighted by Gasteiger charge is 2.09. The van der Waals surface area contributed by atoms with Crippen molar-refractivity contribution in [2.45, 2.75) is 19.8 Å². The normalized spacial score (nSPS) is 7.85. The van der Waals surface area contributed by atoms with E-state index in [9.17, 15) is 9.59 Å². The van der Waals surface area contributed by atoms with Gasteiger partial charge in [0.25, 0.3) is 5.91 Å². The lowest BCUT2D eigenvalue weighted by Gasteiger charge is -2.13. The molecular weight excluding hydrogens is 176 g/mol. The van der Waals surface area contributed by atoms with Gasteiger partial charge in [-0.1, -0.05) is 6.92 Å². The van der Waals surface area contributed by atoms with Gasteiger partial charge < -0.3 is 15.4 Å². The molecule has 0 saturated carbocycles. The number of hydrogen-bond donors (Lipinski definition) is 1. The number of rotatable bonds is 2. The first-order chi connectivity index (χ1) is 6.07. The monoisotopic (exact) mass is 190 g/mol. The molecule has 76 valence electrons. The molecule has 6 nitrogen and oxygen atoms in total. The highest BCUT2D eigenvalue weighted by atomic mass is 16.7. The van der Waals surface area contributed by atoms with Crippen LogP contribution in [0.1, 0.15) is 19.8 Å². The molecule has 0 atom stereocenters. The second-order valence-electron chi connectivity index (χ2n) is 2.05. The largest absolute Gasteiger partial charge is 0.429 e. The molecule has 2 amide bonds. The molecular formula is C7H14N2O4. The summed E-state index contributed by atoms with van der Waals surface area (Å²) >= 11 is 0. The minimum absolute atomic E-state index is 0.258. The van der Waals surface area contributed by atoms with Gasteiger partial charge in [0, 0.05) is 13.5 Å². The Morgan fingerprint density at radius 2 is 1.92 bits per heavy atom. The molecule has 0 saturated heterocycles. The van der Waals surface area contributed by atoms with Crippen LogP contribution in [-0.4, -0.2) is 30.9 Å². The summed E-state index contributed by atoms with van der Waals surface area (Å²) in [5.74, 6) is -0.258. The average molecular weight is 190 g/mol. The van der Waals surface area contributed by atoms with Gasteiger partial charge in [-0.05, 0) is 6.42 Å². The Hall–Kier alpha value is -1.59. The van der Waals surface area contributed by atoms with Crippen LogP contribution in [0.2, 0.25) is 0 Å². The van der Waals surface area contributed by atoms with Crippen molar-refractivity contribution >= 4 is 18.8 Å². The average Bonchev–Trinajstić information content (AvgIpc) is 2.07. The topological polar surface area (TPSA) is 89.7 Å². The van der Waals surface area contributed by atoms with Crippen molar-refractivity contribution in [3.8, 4) is 0 Å². The Labute approximate surface area is 76.6 Å². The molecule has 13 heavy (non-hydrogen) atoms. The maximum atomic E-state index is 10.9. The fourth-order valence-electron chi connectivity index (χ4n) is 0.557. The van der Waals surface area contributed by atoms with E-state index in [0.717, 1.165) is 5.06 Å². The molecule has 0 rings (SSSR count). The summed E-state index contributed by atoms with van der Waals surface area (Å²) < 4.78 is 0. The lowest BCUT2D eigenvalue weighted by atomic mass is 10.3. The molecule has 6 heteroatoms. The third-order valence-electron chi connectivity index (χ3n) is 1.04. The van der Waals surface area contributed by atoms with E-state index in [4.69, 9.17) is 4.79 Å². The number of carbonyl (C=O) groups is 3. The smallest absolute Gasteiger partial charge is 0.333 e. The number of primary amides is 1. The summed E-state index contributed by atoms with van der Waals surface area (Å²) in [4.78, 5) is 33.3. The summed E-state index contributed by atoms with van der Waals surface area (Å²) in [6.07, 6.45) is 0.0895. The Morgan fingerprint density at radius 3 is 2.23 bits per heavy atom. The summed E-state index contributed by atoms with van der Waals surface area (Å²) in [5, 5.41) is 0.839. The van der Waals surface area contributed by atoms with E-state index in [1.807, 2.05) is 13.7 Å². The maximum absolute atomic E-state index is 10.9.